The van der Waals surface area contributed by atoms with E-state index < -0.39 is 5.60 Å². The summed E-state index contributed by atoms with van der Waals surface area (Å²) in [4.78, 5) is 11.8. The molecule has 5 nitrogen and oxygen atoms in total. The average molecular weight is 279 g/mol. The third-order valence-corrected chi connectivity index (χ3v) is 3.40. The second-order valence-electron chi connectivity index (χ2n) is 6.74. The summed E-state index contributed by atoms with van der Waals surface area (Å²) in [7, 11) is 0. The van der Waals surface area contributed by atoms with Gasteiger partial charge in [-0.1, -0.05) is 0 Å². The number of carbonyl (C=O) groups is 1. The van der Waals surface area contributed by atoms with Crippen LogP contribution >= 0.6 is 0 Å². The van der Waals surface area contributed by atoms with Gasteiger partial charge in [-0.2, -0.15) is 5.10 Å². The van der Waals surface area contributed by atoms with Crippen molar-refractivity contribution >= 4 is 6.09 Å². The zero-order chi connectivity index (χ0) is 14.9. The maximum absolute atomic E-state index is 11.8. The van der Waals surface area contributed by atoms with Gasteiger partial charge in [0.15, 0.2) is 0 Å². The van der Waals surface area contributed by atoms with Gasteiger partial charge in [-0.05, 0) is 53.0 Å². The third kappa shape index (κ3) is 3.52. The number of nitrogens with zero attached hydrogens (tertiary/aromatic N) is 2. The Bertz CT molecular complexity index is 486. The lowest BCUT2D eigenvalue weighted by molar-refractivity contribution is 0.0499. The first-order chi connectivity index (χ1) is 9.26. The van der Waals surface area contributed by atoms with Gasteiger partial charge in [0.05, 0.1) is 6.20 Å². The maximum atomic E-state index is 11.8. The quantitative estimate of drug-likeness (QED) is 0.905. The molecule has 5 heteroatoms. The molecule has 112 valence electrons. The number of aryl methyl sites for hydroxylation is 1. The van der Waals surface area contributed by atoms with Crippen molar-refractivity contribution in [1.82, 2.24) is 15.1 Å². The standard InChI is InChI=1S/C15H25N3O2/c1-10(2)18-13-8-12(7-6-11(13)9-16-18)17-14(19)20-15(3,4)5/h9-10,12H,6-8H2,1-5H3,(H,17,19)/t12-/m1/s1. The fraction of sp³-hybridized carbons (Fsp3) is 0.733. The fourth-order valence-electron chi connectivity index (χ4n) is 2.56. The van der Waals surface area contributed by atoms with Crippen molar-refractivity contribution in [2.75, 3.05) is 0 Å². The normalized spacial score (nSPS) is 18.8. The van der Waals surface area contributed by atoms with E-state index in [0.717, 1.165) is 19.3 Å². The molecule has 1 atom stereocenters. The van der Waals surface area contributed by atoms with Crippen molar-refractivity contribution in [3.8, 4) is 0 Å². The lowest BCUT2D eigenvalue weighted by Gasteiger charge is -2.27. The van der Waals surface area contributed by atoms with Gasteiger partial charge in [0.25, 0.3) is 0 Å². The van der Waals surface area contributed by atoms with E-state index >= 15 is 0 Å². The average Bonchev–Trinajstić information content (AvgIpc) is 2.69. The molecule has 1 aliphatic carbocycles. The summed E-state index contributed by atoms with van der Waals surface area (Å²) < 4.78 is 7.37. The van der Waals surface area contributed by atoms with E-state index in [-0.39, 0.29) is 12.1 Å². The molecule has 1 heterocycles. The second kappa shape index (κ2) is 5.46. The number of carbonyl (C=O) groups excluding carboxylic acids is 1. The van der Waals surface area contributed by atoms with E-state index in [1.165, 1.54) is 11.3 Å². The smallest absolute Gasteiger partial charge is 0.407 e. The highest BCUT2D eigenvalue weighted by Crippen LogP contribution is 2.23. The van der Waals surface area contributed by atoms with Crippen LogP contribution in [0.2, 0.25) is 0 Å². The molecular weight excluding hydrogens is 254 g/mol. The molecule has 0 fully saturated rings. The van der Waals surface area contributed by atoms with Crippen LogP contribution in [0, 0.1) is 0 Å². The first-order valence-electron chi connectivity index (χ1n) is 7.31. The Balaban J connectivity index is 2.00. The molecule has 0 bridgehead atoms. The fourth-order valence-corrected chi connectivity index (χ4v) is 2.56. The van der Waals surface area contributed by atoms with Crippen molar-refractivity contribution < 1.29 is 9.53 Å². The number of fused-ring (bicyclic) bond motifs is 1. The molecule has 0 unspecified atom stereocenters. The molecule has 2 rings (SSSR count). The highest BCUT2D eigenvalue weighted by Gasteiger charge is 2.26. The van der Waals surface area contributed by atoms with Crippen LogP contribution in [-0.4, -0.2) is 27.5 Å². The minimum atomic E-state index is -0.455. The van der Waals surface area contributed by atoms with Gasteiger partial charge >= 0.3 is 6.09 Å². The SMILES string of the molecule is CC(C)n1ncc2c1C[C@H](NC(=O)OC(C)(C)C)CC2. The lowest BCUT2D eigenvalue weighted by atomic mass is 9.93. The van der Waals surface area contributed by atoms with Gasteiger partial charge < -0.3 is 10.1 Å². The summed E-state index contributed by atoms with van der Waals surface area (Å²) in [6.07, 6.45) is 4.35. The van der Waals surface area contributed by atoms with Crippen molar-refractivity contribution in [1.29, 1.82) is 0 Å². The van der Waals surface area contributed by atoms with Crippen LogP contribution < -0.4 is 5.32 Å². The number of nitrogens with one attached hydrogen (secondary N) is 1. The van der Waals surface area contributed by atoms with Gasteiger partial charge in [0.1, 0.15) is 5.60 Å². The number of hydrogen-bond acceptors (Lipinski definition) is 3. The zero-order valence-corrected chi connectivity index (χ0v) is 13.1. The molecule has 1 aromatic rings. The highest BCUT2D eigenvalue weighted by molar-refractivity contribution is 5.68. The summed E-state index contributed by atoms with van der Waals surface area (Å²) in [5.74, 6) is 0. The van der Waals surface area contributed by atoms with Crippen LogP contribution in [0.5, 0.6) is 0 Å². The summed E-state index contributed by atoms with van der Waals surface area (Å²) >= 11 is 0. The van der Waals surface area contributed by atoms with Crippen molar-refractivity contribution in [3.05, 3.63) is 17.5 Å². The zero-order valence-electron chi connectivity index (χ0n) is 13.1. The monoisotopic (exact) mass is 279 g/mol. The Morgan fingerprint density at radius 2 is 2.20 bits per heavy atom. The number of rotatable bonds is 2. The van der Waals surface area contributed by atoms with E-state index in [4.69, 9.17) is 4.74 Å². The number of hydrogen-bond donors (Lipinski definition) is 1. The minimum absolute atomic E-state index is 0.131. The number of ether oxygens (including phenoxy) is 1. The molecule has 1 aromatic heterocycles. The third-order valence-electron chi connectivity index (χ3n) is 3.40. The summed E-state index contributed by atoms with van der Waals surface area (Å²) in [6, 6.07) is 0.477. The van der Waals surface area contributed by atoms with E-state index in [1.807, 2.05) is 27.0 Å². The predicted molar refractivity (Wildman–Crippen MR) is 77.8 cm³/mol. The molecule has 0 saturated carbocycles. The molecule has 0 aliphatic heterocycles. The van der Waals surface area contributed by atoms with Crippen LogP contribution in [0.4, 0.5) is 4.79 Å². The molecule has 0 saturated heterocycles. The van der Waals surface area contributed by atoms with E-state index in [2.05, 4.69) is 28.9 Å². The maximum Gasteiger partial charge on any atom is 0.407 e. The molecule has 0 aromatic carbocycles. The van der Waals surface area contributed by atoms with Crippen LogP contribution in [0.1, 0.15) is 58.3 Å². The lowest BCUT2D eigenvalue weighted by Crippen LogP contribution is -2.42. The number of alkyl carbamates (subject to hydrolysis) is 1. The molecule has 20 heavy (non-hydrogen) atoms. The second-order valence-corrected chi connectivity index (χ2v) is 6.74. The van der Waals surface area contributed by atoms with Crippen LogP contribution in [0.3, 0.4) is 0 Å². The number of amides is 1. The van der Waals surface area contributed by atoms with E-state index in [0.29, 0.717) is 6.04 Å². The Labute approximate surface area is 120 Å². The van der Waals surface area contributed by atoms with Crippen molar-refractivity contribution in [2.24, 2.45) is 0 Å². The predicted octanol–water partition coefficient (Wildman–Crippen LogP) is 2.85. The Morgan fingerprint density at radius 1 is 1.50 bits per heavy atom. The summed E-state index contributed by atoms with van der Waals surface area (Å²) in [5.41, 5.74) is 2.09. The Hall–Kier alpha value is -1.52. The molecule has 1 aliphatic rings. The molecule has 0 spiro atoms. The van der Waals surface area contributed by atoms with Crippen LogP contribution in [0.15, 0.2) is 6.20 Å². The van der Waals surface area contributed by atoms with E-state index in [1.54, 1.807) is 0 Å². The first kappa shape index (κ1) is 14.9. The summed E-state index contributed by atoms with van der Waals surface area (Å²) in [6.45, 7) is 9.87. The van der Waals surface area contributed by atoms with E-state index in [9.17, 15) is 4.79 Å². The first-order valence-corrected chi connectivity index (χ1v) is 7.31. The Morgan fingerprint density at radius 3 is 2.80 bits per heavy atom. The largest absolute Gasteiger partial charge is 0.444 e. The molecule has 1 N–H and O–H groups in total. The van der Waals surface area contributed by atoms with Crippen LogP contribution in [-0.2, 0) is 17.6 Å². The minimum Gasteiger partial charge on any atom is -0.444 e. The summed E-state index contributed by atoms with van der Waals surface area (Å²) in [5, 5.41) is 7.41. The van der Waals surface area contributed by atoms with Crippen molar-refractivity contribution in [3.63, 3.8) is 0 Å². The van der Waals surface area contributed by atoms with Gasteiger partial charge in [0, 0.05) is 24.2 Å². The molecular formula is C15H25N3O2. The van der Waals surface area contributed by atoms with Gasteiger partial charge in [-0.25, -0.2) is 4.79 Å². The van der Waals surface area contributed by atoms with Gasteiger partial charge in [-0.15, -0.1) is 0 Å². The topological polar surface area (TPSA) is 56.2 Å². The molecule has 0 radical (unpaired) electrons. The molecule has 1 amide bonds. The van der Waals surface area contributed by atoms with Crippen molar-refractivity contribution in [2.45, 2.75) is 71.6 Å². The highest BCUT2D eigenvalue weighted by atomic mass is 16.6. The van der Waals surface area contributed by atoms with Gasteiger partial charge in [0.2, 0.25) is 0 Å². The van der Waals surface area contributed by atoms with Crippen LogP contribution in [0.25, 0.3) is 0 Å². The number of aromatic nitrogens is 2. The van der Waals surface area contributed by atoms with Gasteiger partial charge in [-0.3, -0.25) is 4.68 Å². The Kier molecular flexibility index (Phi) is 4.06.